The molecule has 2 N–H and O–H groups in total. The highest BCUT2D eigenvalue weighted by Crippen LogP contribution is 2.77. The molecule has 2 aliphatic heterocycles. The molecule has 2 spiro atoms. The van der Waals surface area contributed by atoms with E-state index >= 15 is 0 Å². The molecule has 2 heterocycles. The summed E-state index contributed by atoms with van der Waals surface area (Å²) < 4.78 is 13.6. The second kappa shape index (κ2) is 6.76. The van der Waals surface area contributed by atoms with Crippen LogP contribution in [-0.4, -0.2) is 58.7 Å². The van der Waals surface area contributed by atoms with Crippen molar-refractivity contribution in [3.63, 3.8) is 0 Å². The fourth-order valence-corrected chi connectivity index (χ4v) is 9.82. The standard InChI is InChI=1S/C30H43NO4/c1-26(2,3)27(4,33)21-16-28-12-13-30(21,34-5)25-29(28)11-6-14-31(17-18-7-8-18)22(28)15-19-9-10-20(32)24(35-25)23(19)29/h9-10,18,21-22,25,32-33H,6-8,11-17H2,1-5H3/t21-,22?,25-,27?,28?,29+,30-/m1/s1. The molecule has 5 fully saturated rings. The summed E-state index contributed by atoms with van der Waals surface area (Å²) in [6.07, 6.45) is 8.80. The lowest BCUT2D eigenvalue weighted by Gasteiger charge is -2.73. The van der Waals surface area contributed by atoms with E-state index in [1.54, 1.807) is 0 Å². The van der Waals surface area contributed by atoms with E-state index in [4.69, 9.17) is 9.47 Å². The Morgan fingerprint density at radius 3 is 2.60 bits per heavy atom. The normalized spacial score (nSPS) is 43.3. The van der Waals surface area contributed by atoms with E-state index < -0.39 is 11.2 Å². The number of hydrogen-bond acceptors (Lipinski definition) is 5. The molecule has 0 amide bonds. The van der Waals surface area contributed by atoms with Crippen LogP contribution in [0.3, 0.4) is 0 Å². The smallest absolute Gasteiger partial charge is 0.165 e. The summed E-state index contributed by atoms with van der Waals surface area (Å²) in [7, 11) is 1.84. The molecule has 0 aromatic heterocycles. The predicted molar refractivity (Wildman–Crippen MR) is 135 cm³/mol. The van der Waals surface area contributed by atoms with E-state index in [1.807, 2.05) is 20.1 Å². The van der Waals surface area contributed by atoms with Gasteiger partial charge in [-0.3, -0.25) is 4.90 Å². The molecule has 7 aliphatic rings. The SMILES string of the molecule is CO[C@]12CCC3(C[C@@H]1C(C)(O)C(C)(C)C)C1Cc4ccc(O)c5c4[C@@]3(CCCN1CC1CC1)[C@H]2O5. The van der Waals surface area contributed by atoms with Crippen molar-refractivity contribution in [2.45, 2.75) is 108 Å². The molecular weight excluding hydrogens is 438 g/mol. The van der Waals surface area contributed by atoms with Gasteiger partial charge in [-0.25, -0.2) is 0 Å². The summed E-state index contributed by atoms with van der Waals surface area (Å²) in [6, 6.07) is 4.47. The summed E-state index contributed by atoms with van der Waals surface area (Å²) in [5.41, 5.74) is 0.749. The largest absolute Gasteiger partial charge is 0.504 e. The van der Waals surface area contributed by atoms with Crippen molar-refractivity contribution in [1.29, 1.82) is 0 Å². The molecule has 7 atom stereocenters. The number of hydrogen-bond donors (Lipinski definition) is 2. The minimum absolute atomic E-state index is 0.0231. The molecule has 4 saturated carbocycles. The molecule has 35 heavy (non-hydrogen) atoms. The number of benzene rings is 1. The summed E-state index contributed by atoms with van der Waals surface area (Å²) >= 11 is 0. The third-order valence-electron chi connectivity index (χ3n) is 12.1. The van der Waals surface area contributed by atoms with E-state index in [0.717, 1.165) is 51.0 Å². The molecule has 1 aromatic rings. The first-order valence-electron chi connectivity index (χ1n) is 14.1. The molecule has 8 rings (SSSR count). The Morgan fingerprint density at radius 1 is 1.14 bits per heavy atom. The van der Waals surface area contributed by atoms with Gasteiger partial charge in [-0.2, -0.15) is 0 Å². The molecular formula is C30H43NO4. The molecule has 4 bridgehead atoms. The first-order chi connectivity index (χ1) is 16.5. The monoisotopic (exact) mass is 481 g/mol. The molecule has 1 aromatic carbocycles. The summed E-state index contributed by atoms with van der Waals surface area (Å²) in [4.78, 5) is 2.85. The van der Waals surface area contributed by atoms with Gasteiger partial charge in [0, 0.05) is 42.0 Å². The lowest BCUT2D eigenvalue weighted by Crippen LogP contribution is -2.80. The van der Waals surface area contributed by atoms with E-state index in [9.17, 15) is 10.2 Å². The van der Waals surface area contributed by atoms with Gasteiger partial charge in [-0.05, 0) is 87.8 Å². The number of ether oxygens (including phenoxy) is 2. The van der Waals surface area contributed by atoms with Gasteiger partial charge in [0.2, 0.25) is 0 Å². The zero-order valence-electron chi connectivity index (χ0n) is 22.2. The van der Waals surface area contributed by atoms with E-state index in [2.05, 4.69) is 31.7 Å². The van der Waals surface area contributed by atoms with Crippen LogP contribution in [0.15, 0.2) is 12.1 Å². The van der Waals surface area contributed by atoms with Crippen molar-refractivity contribution >= 4 is 0 Å². The first-order valence-corrected chi connectivity index (χ1v) is 14.1. The van der Waals surface area contributed by atoms with Crippen LogP contribution in [0.1, 0.15) is 83.8 Å². The van der Waals surface area contributed by atoms with Gasteiger partial charge in [0.25, 0.3) is 0 Å². The Balaban J connectivity index is 1.49. The maximum atomic E-state index is 12.3. The second-order valence-electron chi connectivity index (χ2n) is 14.1. The maximum absolute atomic E-state index is 12.3. The number of aromatic hydroxyl groups is 1. The van der Waals surface area contributed by atoms with Crippen molar-refractivity contribution in [3.05, 3.63) is 23.3 Å². The molecule has 5 aliphatic carbocycles. The fraction of sp³-hybridized carbons (Fsp3) is 0.800. The summed E-state index contributed by atoms with van der Waals surface area (Å²) in [5.74, 6) is 1.80. The van der Waals surface area contributed by atoms with Crippen LogP contribution in [0.2, 0.25) is 0 Å². The van der Waals surface area contributed by atoms with Crippen LogP contribution in [0, 0.1) is 22.7 Å². The van der Waals surface area contributed by atoms with E-state index in [0.29, 0.717) is 11.8 Å². The molecule has 3 unspecified atom stereocenters. The number of nitrogens with zero attached hydrogens (tertiary/aromatic N) is 1. The predicted octanol–water partition coefficient (Wildman–Crippen LogP) is 4.80. The van der Waals surface area contributed by atoms with Crippen molar-refractivity contribution in [1.82, 2.24) is 4.90 Å². The fourth-order valence-electron chi connectivity index (χ4n) is 9.82. The van der Waals surface area contributed by atoms with Crippen molar-refractivity contribution in [2.24, 2.45) is 22.7 Å². The summed E-state index contributed by atoms with van der Waals surface area (Å²) in [5, 5.41) is 23.3. The third kappa shape index (κ3) is 2.51. The van der Waals surface area contributed by atoms with Gasteiger partial charge in [0.15, 0.2) is 11.5 Å². The number of fused-ring (bicyclic) bond motifs is 2. The van der Waals surface area contributed by atoms with Gasteiger partial charge in [-0.15, -0.1) is 0 Å². The molecule has 5 nitrogen and oxygen atoms in total. The van der Waals surface area contributed by atoms with Crippen LogP contribution in [0.4, 0.5) is 0 Å². The number of phenols is 1. The van der Waals surface area contributed by atoms with Gasteiger partial charge >= 0.3 is 0 Å². The second-order valence-corrected chi connectivity index (χ2v) is 14.1. The number of phenolic OH excluding ortho intramolecular Hbond substituents is 1. The van der Waals surface area contributed by atoms with Gasteiger partial charge in [-0.1, -0.05) is 26.8 Å². The first kappa shape index (κ1) is 22.9. The summed E-state index contributed by atoms with van der Waals surface area (Å²) in [6.45, 7) is 10.9. The van der Waals surface area contributed by atoms with Crippen LogP contribution in [0.25, 0.3) is 0 Å². The minimum Gasteiger partial charge on any atom is -0.504 e. The molecule has 1 saturated heterocycles. The maximum Gasteiger partial charge on any atom is 0.165 e. The van der Waals surface area contributed by atoms with Crippen molar-refractivity contribution in [2.75, 3.05) is 20.2 Å². The lowest BCUT2D eigenvalue weighted by molar-refractivity contribution is -0.301. The number of methoxy groups -OCH3 is 1. The number of aliphatic hydroxyl groups is 1. The zero-order chi connectivity index (χ0) is 24.6. The quantitative estimate of drug-likeness (QED) is 0.647. The van der Waals surface area contributed by atoms with Gasteiger partial charge in [0.05, 0.1) is 5.60 Å². The Morgan fingerprint density at radius 2 is 1.91 bits per heavy atom. The van der Waals surface area contributed by atoms with Gasteiger partial charge in [0.1, 0.15) is 11.7 Å². The Labute approximate surface area is 210 Å². The highest BCUT2D eigenvalue weighted by Gasteiger charge is 2.81. The van der Waals surface area contributed by atoms with Crippen LogP contribution in [-0.2, 0) is 16.6 Å². The highest BCUT2D eigenvalue weighted by atomic mass is 16.6. The Kier molecular flexibility index (Phi) is 4.42. The molecule has 5 heteroatoms. The minimum atomic E-state index is -0.914. The number of rotatable bonds is 4. The van der Waals surface area contributed by atoms with Crippen molar-refractivity contribution < 1.29 is 19.7 Å². The number of likely N-dealkylation sites (tertiary alicyclic amines) is 1. The van der Waals surface area contributed by atoms with Crippen LogP contribution < -0.4 is 4.74 Å². The topological polar surface area (TPSA) is 62.2 Å². The molecule has 192 valence electrons. The Bertz CT molecular complexity index is 1070. The average molecular weight is 482 g/mol. The highest BCUT2D eigenvalue weighted by molar-refractivity contribution is 5.63. The van der Waals surface area contributed by atoms with E-state index in [-0.39, 0.29) is 34.0 Å². The van der Waals surface area contributed by atoms with E-state index in [1.165, 1.54) is 30.5 Å². The van der Waals surface area contributed by atoms with Crippen molar-refractivity contribution in [3.8, 4) is 11.5 Å². The van der Waals surface area contributed by atoms with Gasteiger partial charge < -0.3 is 19.7 Å². The average Bonchev–Trinajstić information content (AvgIpc) is 3.56. The Hall–Kier alpha value is -1.30. The van der Waals surface area contributed by atoms with Crippen LogP contribution in [0.5, 0.6) is 11.5 Å². The lowest BCUT2D eigenvalue weighted by atomic mass is 9.34. The zero-order valence-corrected chi connectivity index (χ0v) is 22.2. The third-order valence-corrected chi connectivity index (χ3v) is 12.1. The van der Waals surface area contributed by atoms with Crippen LogP contribution >= 0.6 is 0 Å². The molecule has 0 radical (unpaired) electrons.